The summed E-state index contributed by atoms with van der Waals surface area (Å²) in [4.78, 5) is 31.8. The van der Waals surface area contributed by atoms with Crippen LogP contribution in [0.4, 0.5) is 4.39 Å². The quantitative estimate of drug-likeness (QED) is 0.583. The summed E-state index contributed by atoms with van der Waals surface area (Å²) in [6.45, 7) is 4.47. The van der Waals surface area contributed by atoms with Gasteiger partial charge >= 0.3 is 0 Å². The molecule has 0 radical (unpaired) electrons. The first-order chi connectivity index (χ1) is 15.4. The van der Waals surface area contributed by atoms with E-state index in [-0.39, 0.29) is 34.9 Å². The first kappa shape index (κ1) is 21.4. The molecule has 2 heterocycles. The van der Waals surface area contributed by atoms with Gasteiger partial charge < -0.3 is 15.0 Å². The van der Waals surface area contributed by atoms with Crippen molar-refractivity contribution in [2.45, 2.75) is 26.1 Å². The second-order valence-electron chi connectivity index (χ2n) is 7.74. The average Bonchev–Trinajstić information content (AvgIpc) is 3.12. The molecule has 1 fully saturated rings. The second-order valence-corrected chi connectivity index (χ2v) is 7.74. The van der Waals surface area contributed by atoms with Crippen LogP contribution in [0.1, 0.15) is 35.3 Å². The zero-order valence-electron chi connectivity index (χ0n) is 17.6. The Morgan fingerprint density at radius 1 is 1.09 bits per heavy atom. The molecule has 0 spiro atoms. The topological polar surface area (TPSA) is 94.8 Å². The van der Waals surface area contributed by atoms with E-state index in [0.717, 1.165) is 0 Å². The Balaban J connectivity index is 1.71. The average molecular weight is 432 g/mol. The lowest BCUT2D eigenvalue weighted by molar-refractivity contribution is -0.138. The van der Waals surface area contributed by atoms with Crippen LogP contribution >= 0.6 is 0 Å². The van der Waals surface area contributed by atoms with E-state index < -0.39 is 17.6 Å². The van der Waals surface area contributed by atoms with Gasteiger partial charge in [-0.2, -0.15) is 5.26 Å². The van der Waals surface area contributed by atoms with Crippen molar-refractivity contribution in [3.63, 3.8) is 0 Å². The van der Waals surface area contributed by atoms with Crippen LogP contribution < -0.4 is 5.32 Å². The van der Waals surface area contributed by atoms with Crippen molar-refractivity contribution in [1.82, 2.24) is 10.2 Å². The van der Waals surface area contributed by atoms with Crippen LogP contribution in [0, 0.1) is 17.1 Å². The number of carbonyl (C=O) groups excluding carboxylic acids is 2. The highest BCUT2D eigenvalue weighted by Gasteiger charge is 2.32. The van der Waals surface area contributed by atoms with Gasteiger partial charge in [-0.25, -0.2) is 9.38 Å². The summed E-state index contributed by atoms with van der Waals surface area (Å²) < 4.78 is 19.7. The highest BCUT2D eigenvalue weighted by atomic mass is 19.1. The number of nitrogens with zero attached hydrogens (tertiary/aromatic N) is 3. The third kappa shape index (κ3) is 4.03. The minimum absolute atomic E-state index is 0.117. The van der Waals surface area contributed by atoms with Gasteiger partial charge in [0.1, 0.15) is 23.3 Å². The molecule has 2 atom stereocenters. The Hall–Kier alpha value is -3.83. The third-order valence-electron chi connectivity index (χ3n) is 5.28. The van der Waals surface area contributed by atoms with E-state index in [2.05, 4.69) is 10.3 Å². The number of benzene rings is 2. The normalized spacial score (nSPS) is 21.3. The van der Waals surface area contributed by atoms with E-state index in [4.69, 9.17) is 4.74 Å². The number of rotatable bonds is 2. The van der Waals surface area contributed by atoms with Crippen LogP contribution in [-0.4, -0.2) is 47.8 Å². The number of nitriles is 1. The molecule has 32 heavy (non-hydrogen) atoms. The predicted molar refractivity (Wildman–Crippen MR) is 116 cm³/mol. The maximum atomic E-state index is 14.0. The van der Waals surface area contributed by atoms with Gasteiger partial charge in [-0.05, 0) is 26.0 Å². The monoisotopic (exact) mass is 432 g/mol. The molecule has 2 aromatic rings. The largest absolute Gasteiger partial charge is 0.372 e. The molecule has 2 aliphatic heterocycles. The Bertz CT molecular complexity index is 1190. The number of fused-ring (bicyclic) bond motifs is 1. The van der Waals surface area contributed by atoms with Crippen molar-refractivity contribution in [1.29, 1.82) is 5.26 Å². The van der Waals surface area contributed by atoms with E-state index >= 15 is 0 Å². The lowest BCUT2D eigenvalue weighted by Crippen LogP contribution is -2.48. The smallest absolute Gasteiger partial charge is 0.266 e. The molecule has 0 saturated carbocycles. The first-order valence-corrected chi connectivity index (χ1v) is 10.2. The zero-order chi connectivity index (χ0) is 22.8. The fourth-order valence-electron chi connectivity index (χ4n) is 3.94. The molecular weight excluding hydrogens is 411 g/mol. The summed E-state index contributed by atoms with van der Waals surface area (Å²) in [6, 6.07) is 14.6. The number of nitrogens with one attached hydrogen (secondary N) is 1. The summed E-state index contributed by atoms with van der Waals surface area (Å²) in [6.07, 6.45) is -0.301. The number of hydrogen-bond acceptors (Lipinski definition) is 5. The molecular formula is C24H21FN4O3. The van der Waals surface area contributed by atoms with Gasteiger partial charge in [0.25, 0.3) is 11.8 Å². The number of ether oxygens (including phenoxy) is 1. The van der Waals surface area contributed by atoms with Crippen molar-refractivity contribution in [2.24, 2.45) is 4.99 Å². The fourth-order valence-corrected chi connectivity index (χ4v) is 3.94. The molecule has 2 aliphatic rings. The van der Waals surface area contributed by atoms with Gasteiger partial charge in [-0.3, -0.25) is 9.59 Å². The molecule has 4 rings (SSSR count). The van der Waals surface area contributed by atoms with Crippen LogP contribution in [-0.2, 0) is 9.53 Å². The Morgan fingerprint density at radius 3 is 2.38 bits per heavy atom. The van der Waals surface area contributed by atoms with Crippen LogP contribution in [0.5, 0.6) is 0 Å². The van der Waals surface area contributed by atoms with Gasteiger partial charge in [0.2, 0.25) is 0 Å². The van der Waals surface area contributed by atoms with Crippen molar-refractivity contribution < 1.29 is 18.7 Å². The van der Waals surface area contributed by atoms with Crippen LogP contribution in [0.25, 0.3) is 5.70 Å². The fraction of sp³-hybridized carbons (Fsp3) is 0.250. The van der Waals surface area contributed by atoms with Crippen LogP contribution in [0.15, 0.2) is 59.1 Å². The molecule has 1 N–H and O–H groups in total. The number of amides is 2. The van der Waals surface area contributed by atoms with Crippen molar-refractivity contribution in [3.8, 4) is 6.07 Å². The summed E-state index contributed by atoms with van der Waals surface area (Å²) in [5.74, 6) is -1.60. The van der Waals surface area contributed by atoms with E-state index in [0.29, 0.717) is 24.2 Å². The number of carbonyl (C=O) groups is 2. The van der Waals surface area contributed by atoms with Crippen LogP contribution in [0.3, 0.4) is 0 Å². The number of aliphatic imine (C=N–C) groups is 1. The van der Waals surface area contributed by atoms with Gasteiger partial charge in [0, 0.05) is 24.2 Å². The summed E-state index contributed by atoms with van der Waals surface area (Å²) in [7, 11) is 0. The van der Waals surface area contributed by atoms with Gasteiger partial charge in [0.05, 0.1) is 23.5 Å². The van der Waals surface area contributed by atoms with Gasteiger partial charge in [-0.1, -0.05) is 36.4 Å². The second kappa shape index (κ2) is 8.73. The first-order valence-electron chi connectivity index (χ1n) is 10.2. The van der Waals surface area contributed by atoms with Gasteiger partial charge in [-0.15, -0.1) is 0 Å². The van der Waals surface area contributed by atoms with E-state index in [9.17, 15) is 19.2 Å². The Morgan fingerprint density at radius 2 is 1.72 bits per heavy atom. The van der Waals surface area contributed by atoms with Crippen LogP contribution in [0.2, 0.25) is 0 Å². The summed E-state index contributed by atoms with van der Waals surface area (Å²) in [5, 5.41) is 12.5. The maximum Gasteiger partial charge on any atom is 0.266 e. The minimum atomic E-state index is -0.668. The highest BCUT2D eigenvalue weighted by Crippen LogP contribution is 2.31. The molecule has 0 aromatic heterocycles. The van der Waals surface area contributed by atoms with Gasteiger partial charge in [0.15, 0.2) is 0 Å². The molecule has 0 bridgehead atoms. The van der Waals surface area contributed by atoms with E-state index in [1.165, 1.54) is 18.2 Å². The zero-order valence-corrected chi connectivity index (χ0v) is 17.6. The number of morpholine rings is 1. The molecule has 0 aliphatic carbocycles. The SMILES string of the molecule is CC1CN(C(=O)/C(C#N)=C2\N=C(NC(=O)c3ccccc3F)c3ccccc32)CC(C)O1. The lowest BCUT2D eigenvalue weighted by atomic mass is 10.0. The maximum absolute atomic E-state index is 14.0. The van der Waals surface area contributed by atoms with E-state index in [1.54, 1.807) is 35.2 Å². The molecule has 162 valence electrons. The highest BCUT2D eigenvalue weighted by molar-refractivity contribution is 6.20. The van der Waals surface area contributed by atoms with Crippen molar-refractivity contribution in [3.05, 3.63) is 76.6 Å². The molecule has 2 amide bonds. The van der Waals surface area contributed by atoms with Crippen molar-refractivity contribution in [2.75, 3.05) is 13.1 Å². The predicted octanol–water partition coefficient (Wildman–Crippen LogP) is 2.89. The summed E-state index contributed by atoms with van der Waals surface area (Å²) in [5.41, 5.74) is 1.04. The lowest BCUT2D eigenvalue weighted by Gasteiger charge is -2.35. The Labute approximate surface area is 184 Å². The molecule has 7 nitrogen and oxygen atoms in total. The molecule has 8 heteroatoms. The summed E-state index contributed by atoms with van der Waals surface area (Å²) >= 11 is 0. The number of hydrogen-bond donors (Lipinski definition) is 1. The van der Waals surface area contributed by atoms with E-state index in [1.807, 2.05) is 19.9 Å². The minimum Gasteiger partial charge on any atom is -0.372 e. The number of amidine groups is 1. The third-order valence-corrected chi connectivity index (χ3v) is 5.28. The molecule has 1 saturated heterocycles. The Kier molecular flexibility index (Phi) is 5.84. The standard InChI is InChI=1S/C24H21FN4O3/c1-14-12-29(13-15(2)32-14)24(31)19(11-26)21-16-7-3-4-8-17(16)22(27-21)28-23(30)18-9-5-6-10-20(18)25/h3-10,14-15H,12-13H2,1-2H3,(H,27,28,30)/b21-19-. The van der Waals surface area contributed by atoms with Crippen molar-refractivity contribution >= 4 is 23.3 Å². The molecule has 2 unspecified atom stereocenters. The molecule has 2 aromatic carbocycles. The number of halogens is 1.